The van der Waals surface area contributed by atoms with Crippen LogP contribution in [0.1, 0.15) is 24.3 Å². The SMILES string of the molecule is CNc1cc2ccn(-c3ccc(NC(=O)NS(=O)(=O)c4ccc(Cl)s4)c(C4CC4)c3)c(=O)c2cc1F. The van der Waals surface area contributed by atoms with Crippen molar-refractivity contribution in [2.45, 2.75) is 23.0 Å². The van der Waals surface area contributed by atoms with Crippen molar-refractivity contribution < 1.29 is 17.6 Å². The van der Waals surface area contributed by atoms with E-state index in [0.717, 1.165) is 29.7 Å². The van der Waals surface area contributed by atoms with Crippen molar-refractivity contribution in [1.82, 2.24) is 9.29 Å². The topological polar surface area (TPSA) is 109 Å². The van der Waals surface area contributed by atoms with Gasteiger partial charge in [-0.3, -0.25) is 9.36 Å². The lowest BCUT2D eigenvalue weighted by molar-refractivity contribution is 0.256. The zero-order valence-electron chi connectivity index (χ0n) is 18.8. The van der Waals surface area contributed by atoms with Gasteiger partial charge in [0.1, 0.15) is 10.0 Å². The molecule has 2 amide bonds. The van der Waals surface area contributed by atoms with Gasteiger partial charge in [0, 0.05) is 24.6 Å². The number of fused-ring (bicyclic) bond motifs is 1. The van der Waals surface area contributed by atoms with Crippen LogP contribution in [0.15, 0.2) is 63.7 Å². The van der Waals surface area contributed by atoms with E-state index in [1.807, 2.05) is 4.72 Å². The summed E-state index contributed by atoms with van der Waals surface area (Å²) in [6.07, 6.45) is 3.42. The van der Waals surface area contributed by atoms with E-state index in [-0.39, 0.29) is 25.4 Å². The quantitative estimate of drug-likeness (QED) is 0.305. The molecule has 1 fully saturated rings. The summed E-state index contributed by atoms with van der Waals surface area (Å²) >= 11 is 6.65. The van der Waals surface area contributed by atoms with Crippen LogP contribution >= 0.6 is 22.9 Å². The first-order valence-corrected chi connectivity index (χ1v) is 13.6. The first-order chi connectivity index (χ1) is 17.2. The summed E-state index contributed by atoms with van der Waals surface area (Å²) < 4.78 is 42.8. The predicted octanol–water partition coefficient (Wildman–Crippen LogP) is 5.27. The number of pyridine rings is 1. The minimum absolute atomic E-state index is 0.0747. The highest BCUT2D eigenvalue weighted by Gasteiger charge is 2.28. The van der Waals surface area contributed by atoms with Gasteiger partial charge < -0.3 is 10.6 Å². The maximum absolute atomic E-state index is 14.3. The van der Waals surface area contributed by atoms with Crippen LogP contribution in [0.2, 0.25) is 4.34 Å². The molecule has 1 saturated carbocycles. The van der Waals surface area contributed by atoms with E-state index in [0.29, 0.717) is 22.4 Å². The Labute approximate surface area is 214 Å². The number of urea groups is 1. The predicted molar refractivity (Wildman–Crippen MR) is 140 cm³/mol. The van der Waals surface area contributed by atoms with Crippen molar-refractivity contribution in [3.63, 3.8) is 0 Å². The minimum atomic E-state index is -4.07. The molecule has 0 aliphatic heterocycles. The number of carbonyl (C=O) groups is 1. The number of halogens is 2. The zero-order valence-corrected chi connectivity index (χ0v) is 21.2. The number of hydrogen-bond donors (Lipinski definition) is 3. The maximum atomic E-state index is 14.3. The number of anilines is 2. The molecule has 1 aliphatic carbocycles. The van der Waals surface area contributed by atoms with Gasteiger partial charge in [-0.25, -0.2) is 22.3 Å². The Balaban J connectivity index is 1.45. The lowest BCUT2D eigenvalue weighted by Crippen LogP contribution is -2.34. The molecule has 0 radical (unpaired) electrons. The number of sulfonamides is 1. The minimum Gasteiger partial charge on any atom is -0.386 e. The largest absolute Gasteiger partial charge is 0.386 e. The Morgan fingerprint density at radius 1 is 1.11 bits per heavy atom. The van der Waals surface area contributed by atoms with Gasteiger partial charge in [0.05, 0.1) is 15.4 Å². The number of nitrogens with zero attached hydrogens (tertiary/aromatic N) is 1. The molecule has 12 heteroatoms. The number of hydrogen-bond acceptors (Lipinski definition) is 6. The van der Waals surface area contributed by atoms with Gasteiger partial charge in [0.2, 0.25) is 0 Å². The number of nitrogens with one attached hydrogen (secondary N) is 3. The Morgan fingerprint density at radius 2 is 1.89 bits per heavy atom. The molecule has 0 unspecified atom stereocenters. The van der Waals surface area contributed by atoms with E-state index < -0.39 is 21.9 Å². The molecule has 0 spiro atoms. The second kappa shape index (κ2) is 9.23. The van der Waals surface area contributed by atoms with Crippen molar-refractivity contribution in [2.75, 3.05) is 17.7 Å². The van der Waals surface area contributed by atoms with Crippen LogP contribution in [0, 0.1) is 5.82 Å². The van der Waals surface area contributed by atoms with Gasteiger partial charge in [-0.1, -0.05) is 11.6 Å². The molecule has 4 aromatic rings. The number of carbonyl (C=O) groups excluding carboxylic acids is 1. The van der Waals surface area contributed by atoms with E-state index >= 15 is 0 Å². The third-order valence-corrected chi connectivity index (χ3v) is 8.93. The highest BCUT2D eigenvalue weighted by atomic mass is 35.5. The Kier molecular flexibility index (Phi) is 6.23. The monoisotopic (exact) mass is 546 g/mol. The lowest BCUT2D eigenvalue weighted by atomic mass is 10.1. The Hall–Kier alpha value is -3.41. The number of aromatic nitrogens is 1. The molecule has 0 saturated heterocycles. The van der Waals surface area contributed by atoms with Gasteiger partial charge in [-0.15, -0.1) is 11.3 Å². The van der Waals surface area contributed by atoms with Crippen molar-refractivity contribution in [3.8, 4) is 5.69 Å². The van der Waals surface area contributed by atoms with Crippen molar-refractivity contribution >= 4 is 61.1 Å². The molecule has 186 valence electrons. The van der Waals surface area contributed by atoms with Crippen LogP contribution in [0.4, 0.5) is 20.6 Å². The molecule has 1 aliphatic rings. The first-order valence-electron chi connectivity index (χ1n) is 10.9. The van der Waals surface area contributed by atoms with Crippen LogP contribution in [0.3, 0.4) is 0 Å². The first kappa shape index (κ1) is 24.3. The highest BCUT2D eigenvalue weighted by Crippen LogP contribution is 2.44. The van der Waals surface area contributed by atoms with Crippen LogP contribution in [0.5, 0.6) is 0 Å². The van der Waals surface area contributed by atoms with Crippen LogP contribution in [-0.2, 0) is 10.0 Å². The summed E-state index contributed by atoms with van der Waals surface area (Å²) in [5, 5.41) is 6.21. The second-order valence-electron chi connectivity index (χ2n) is 8.32. The summed E-state index contributed by atoms with van der Waals surface area (Å²) in [6.45, 7) is 0. The molecular weight excluding hydrogens is 527 g/mol. The fraction of sp³-hybridized carbons (Fsp3) is 0.167. The van der Waals surface area contributed by atoms with E-state index in [1.54, 1.807) is 43.6 Å². The van der Waals surface area contributed by atoms with Crippen LogP contribution in [0.25, 0.3) is 16.5 Å². The highest BCUT2D eigenvalue weighted by molar-refractivity contribution is 7.92. The van der Waals surface area contributed by atoms with E-state index in [4.69, 9.17) is 11.6 Å². The summed E-state index contributed by atoms with van der Waals surface area (Å²) in [4.78, 5) is 25.7. The number of thiophene rings is 1. The molecule has 2 aromatic carbocycles. The van der Waals surface area contributed by atoms with E-state index in [1.165, 1.54) is 22.8 Å². The number of rotatable bonds is 6. The molecule has 0 bridgehead atoms. The molecule has 3 N–H and O–H groups in total. The molecule has 0 atom stereocenters. The smallest absolute Gasteiger partial charge is 0.333 e. The molecule has 8 nitrogen and oxygen atoms in total. The molecular formula is C24H20ClFN4O4S2. The average molecular weight is 547 g/mol. The molecule has 5 rings (SSSR count). The molecule has 36 heavy (non-hydrogen) atoms. The van der Waals surface area contributed by atoms with Crippen molar-refractivity contribution in [3.05, 3.63) is 80.8 Å². The Bertz CT molecular complexity index is 1680. The van der Waals surface area contributed by atoms with Crippen LogP contribution in [-0.4, -0.2) is 26.1 Å². The van der Waals surface area contributed by atoms with E-state index in [2.05, 4.69) is 10.6 Å². The molecule has 2 aromatic heterocycles. The molecule has 2 heterocycles. The van der Waals surface area contributed by atoms with Crippen molar-refractivity contribution in [2.24, 2.45) is 0 Å². The van der Waals surface area contributed by atoms with Gasteiger partial charge in [-0.05, 0) is 78.2 Å². The fourth-order valence-electron chi connectivity index (χ4n) is 3.97. The number of benzene rings is 2. The van der Waals surface area contributed by atoms with Crippen molar-refractivity contribution in [1.29, 1.82) is 0 Å². The lowest BCUT2D eigenvalue weighted by Gasteiger charge is -2.15. The summed E-state index contributed by atoms with van der Waals surface area (Å²) in [5.41, 5.74) is 1.69. The number of amides is 2. The third-order valence-electron chi connectivity index (χ3n) is 5.88. The summed E-state index contributed by atoms with van der Waals surface area (Å²) in [7, 11) is -2.47. The summed E-state index contributed by atoms with van der Waals surface area (Å²) in [5.74, 6) is -0.358. The van der Waals surface area contributed by atoms with E-state index in [9.17, 15) is 22.4 Å². The van der Waals surface area contributed by atoms with Gasteiger partial charge in [-0.2, -0.15) is 0 Å². The third kappa shape index (κ3) is 4.69. The van der Waals surface area contributed by atoms with Gasteiger partial charge in [0.15, 0.2) is 0 Å². The Morgan fingerprint density at radius 3 is 2.56 bits per heavy atom. The standard InChI is InChI=1S/C24H20ClFN4O4S2/c1-27-20-10-14-8-9-30(23(31)17(14)12-18(20)26)15-4-5-19(16(11-15)13-2-3-13)28-24(32)29-36(33,34)22-7-6-21(25)35-22/h4-13,27H,2-3H2,1H3,(H2,28,29,32). The van der Waals surface area contributed by atoms with Gasteiger partial charge >= 0.3 is 6.03 Å². The van der Waals surface area contributed by atoms with Gasteiger partial charge in [0.25, 0.3) is 15.6 Å². The second-order valence-corrected chi connectivity index (χ2v) is 11.9. The fourth-order valence-corrected chi connectivity index (χ4v) is 6.36. The average Bonchev–Trinajstić information content (AvgIpc) is 3.58. The van der Waals surface area contributed by atoms with Crippen LogP contribution < -0.4 is 20.9 Å². The zero-order chi connectivity index (χ0) is 25.6. The maximum Gasteiger partial charge on any atom is 0.333 e. The summed E-state index contributed by atoms with van der Waals surface area (Å²) in [6, 6.07) is 11.4. The normalized spacial score (nSPS) is 13.5.